The maximum absolute atomic E-state index is 5.39. The highest BCUT2D eigenvalue weighted by Gasteiger charge is 2.40. The Morgan fingerprint density at radius 2 is 1.14 bits per heavy atom. The molecule has 0 fully saturated rings. The van der Waals surface area contributed by atoms with E-state index in [1.807, 2.05) is 0 Å². The molecule has 0 N–H and O–H groups in total. The van der Waals surface area contributed by atoms with E-state index >= 15 is 0 Å². The van der Waals surface area contributed by atoms with E-state index in [1.54, 1.807) is 0 Å². The fourth-order valence-electron chi connectivity index (χ4n) is 8.70. The molecule has 0 unspecified atom stereocenters. The van der Waals surface area contributed by atoms with Crippen LogP contribution in [0.1, 0.15) is 50.1 Å². The lowest BCUT2D eigenvalue weighted by atomic mass is 9.82. The van der Waals surface area contributed by atoms with Gasteiger partial charge in [0.2, 0.25) is 0 Å². The van der Waals surface area contributed by atoms with Crippen LogP contribution in [0.4, 0.5) is 0 Å². The van der Waals surface area contributed by atoms with Gasteiger partial charge >= 0.3 is 0 Å². The van der Waals surface area contributed by atoms with Gasteiger partial charge in [0, 0.05) is 44.0 Å². The highest BCUT2D eigenvalue weighted by molar-refractivity contribution is 6.11. The lowest BCUT2D eigenvalue weighted by Gasteiger charge is -2.21. The fourth-order valence-corrected chi connectivity index (χ4v) is 8.70. The molecule has 0 atom stereocenters. The van der Waals surface area contributed by atoms with Gasteiger partial charge in [-0.2, -0.15) is 0 Å². The summed E-state index contributed by atoms with van der Waals surface area (Å²) in [6, 6.07) is 50.6. The largest absolute Gasteiger partial charge is 0.309 e. The second-order valence-electron chi connectivity index (χ2n) is 14.6. The summed E-state index contributed by atoms with van der Waals surface area (Å²) >= 11 is 0. The van der Waals surface area contributed by atoms with Crippen molar-refractivity contribution in [2.45, 2.75) is 38.5 Å². The highest BCUT2D eigenvalue weighted by atomic mass is 15.0. The first-order valence-corrected chi connectivity index (χ1v) is 17.2. The van der Waals surface area contributed by atoms with E-state index in [2.05, 4.69) is 172 Å². The summed E-state index contributed by atoms with van der Waals surface area (Å²) < 4.78 is 2.42. The predicted molar refractivity (Wildman–Crippen MR) is 202 cm³/mol. The Hall–Kier alpha value is -5.80. The van der Waals surface area contributed by atoms with Crippen molar-refractivity contribution in [1.82, 2.24) is 14.5 Å². The van der Waals surface area contributed by atoms with Crippen LogP contribution in [0.2, 0.25) is 0 Å². The summed E-state index contributed by atoms with van der Waals surface area (Å²) in [4.78, 5) is 10.8. The van der Waals surface area contributed by atoms with Crippen molar-refractivity contribution in [3.63, 3.8) is 0 Å². The highest BCUT2D eigenvalue weighted by Crippen LogP contribution is 2.52. The van der Waals surface area contributed by atoms with Crippen molar-refractivity contribution in [1.29, 1.82) is 0 Å². The number of nitrogens with zero attached hydrogens (tertiary/aromatic N) is 3. The van der Waals surface area contributed by atoms with Crippen LogP contribution in [-0.4, -0.2) is 14.5 Å². The van der Waals surface area contributed by atoms with E-state index in [-0.39, 0.29) is 10.8 Å². The summed E-state index contributed by atoms with van der Waals surface area (Å²) in [5, 5.41) is 2.54. The number of benzene rings is 6. The maximum atomic E-state index is 5.39. The minimum absolute atomic E-state index is 0.0575. The van der Waals surface area contributed by atoms with Gasteiger partial charge in [-0.25, -0.2) is 9.97 Å². The monoisotopic (exact) mass is 629 g/mol. The van der Waals surface area contributed by atoms with Crippen LogP contribution >= 0.6 is 0 Å². The number of rotatable bonds is 3. The molecule has 0 amide bonds. The van der Waals surface area contributed by atoms with Crippen LogP contribution in [0.5, 0.6) is 0 Å². The number of fused-ring (bicyclic) bond motifs is 9. The van der Waals surface area contributed by atoms with Gasteiger partial charge in [-0.05, 0) is 63.7 Å². The molecule has 0 saturated heterocycles. The first kappa shape index (κ1) is 28.2. The number of para-hydroxylation sites is 1. The summed E-state index contributed by atoms with van der Waals surface area (Å²) in [6.45, 7) is 9.28. The van der Waals surface area contributed by atoms with Crippen LogP contribution in [0, 0.1) is 0 Å². The van der Waals surface area contributed by atoms with Gasteiger partial charge in [-0.15, -0.1) is 0 Å². The summed E-state index contributed by atoms with van der Waals surface area (Å²) in [5.74, 6) is 0.748. The number of hydrogen-bond acceptors (Lipinski definition) is 2. The topological polar surface area (TPSA) is 30.7 Å². The minimum Gasteiger partial charge on any atom is -0.309 e. The van der Waals surface area contributed by atoms with Crippen molar-refractivity contribution in [3.05, 3.63) is 162 Å². The van der Waals surface area contributed by atoms with Gasteiger partial charge in [0.1, 0.15) is 0 Å². The van der Waals surface area contributed by atoms with E-state index in [9.17, 15) is 0 Å². The van der Waals surface area contributed by atoms with Crippen molar-refractivity contribution in [2.75, 3.05) is 0 Å². The molecular weight excluding hydrogens is 595 g/mol. The molecule has 3 nitrogen and oxygen atoms in total. The van der Waals surface area contributed by atoms with Crippen molar-refractivity contribution < 1.29 is 0 Å². The van der Waals surface area contributed by atoms with Crippen LogP contribution < -0.4 is 0 Å². The van der Waals surface area contributed by atoms with Gasteiger partial charge in [-0.1, -0.05) is 137 Å². The third-order valence-electron chi connectivity index (χ3n) is 11.2. The SMILES string of the molecule is CC1(C)c2ccccc2-c2cc3c(cc21)c1ccccc1n3-c1cccc(-c2nc(-c3ccccc3)c3c(n2)C(C)(C)c2ccccc2-3)c1. The molecule has 0 bridgehead atoms. The zero-order valence-corrected chi connectivity index (χ0v) is 28.1. The average Bonchev–Trinajstić information content (AvgIpc) is 3.68. The maximum Gasteiger partial charge on any atom is 0.160 e. The van der Waals surface area contributed by atoms with Crippen molar-refractivity contribution >= 4 is 21.8 Å². The van der Waals surface area contributed by atoms with Crippen LogP contribution in [-0.2, 0) is 10.8 Å². The average molecular weight is 630 g/mol. The van der Waals surface area contributed by atoms with Gasteiger partial charge in [-0.3, -0.25) is 0 Å². The molecule has 2 aliphatic rings. The van der Waals surface area contributed by atoms with E-state index in [4.69, 9.17) is 9.97 Å². The Morgan fingerprint density at radius 3 is 1.96 bits per heavy atom. The molecule has 0 spiro atoms. The first-order valence-electron chi connectivity index (χ1n) is 17.2. The molecule has 2 aliphatic carbocycles. The zero-order valence-electron chi connectivity index (χ0n) is 28.1. The molecule has 2 heterocycles. The van der Waals surface area contributed by atoms with Gasteiger partial charge in [0.05, 0.1) is 22.4 Å². The standard InChI is InChI=1S/C46H35N3/c1-45(2)36-22-11-8-19-31(36)34-27-40-35(26-38(34)45)32-20-10-13-24-39(32)49(40)30-18-14-17-29(25-30)44-47-42(28-15-6-5-7-16-28)41-33-21-9-12-23-37(33)46(3,4)43(41)48-44/h5-27H,1-4H3. The van der Waals surface area contributed by atoms with Gasteiger partial charge in [0.25, 0.3) is 0 Å². The van der Waals surface area contributed by atoms with Crippen molar-refractivity contribution in [3.8, 4) is 50.6 Å². The van der Waals surface area contributed by atoms with E-state index in [1.165, 1.54) is 55.2 Å². The van der Waals surface area contributed by atoms with E-state index in [0.29, 0.717) is 0 Å². The third kappa shape index (κ3) is 3.84. The summed E-state index contributed by atoms with van der Waals surface area (Å²) in [5.41, 5.74) is 16.5. The lowest BCUT2D eigenvalue weighted by Crippen LogP contribution is -2.17. The molecular formula is C46H35N3. The fraction of sp³-hybridized carbons (Fsp3) is 0.130. The lowest BCUT2D eigenvalue weighted by molar-refractivity contribution is 0.636. The molecule has 8 aromatic rings. The molecule has 49 heavy (non-hydrogen) atoms. The van der Waals surface area contributed by atoms with Crippen molar-refractivity contribution in [2.24, 2.45) is 0 Å². The van der Waals surface area contributed by atoms with Crippen LogP contribution in [0.25, 0.3) is 72.4 Å². The number of hydrogen-bond donors (Lipinski definition) is 0. The Bertz CT molecular complexity index is 2660. The molecule has 6 aromatic carbocycles. The van der Waals surface area contributed by atoms with Gasteiger partial charge < -0.3 is 4.57 Å². The zero-order chi connectivity index (χ0) is 33.1. The Kier molecular flexibility index (Phi) is 5.69. The smallest absolute Gasteiger partial charge is 0.160 e. The second kappa shape index (κ2) is 9.87. The molecule has 0 radical (unpaired) electrons. The predicted octanol–water partition coefficient (Wildman–Crippen LogP) is 11.5. The Morgan fingerprint density at radius 1 is 0.469 bits per heavy atom. The third-order valence-corrected chi connectivity index (χ3v) is 11.2. The Balaban J connectivity index is 1.21. The molecule has 2 aromatic heterocycles. The molecule has 234 valence electrons. The quantitative estimate of drug-likeness (QED) is 0.195. The van der Waals surface area contributed by atoms with Gasteiger partial charge in [0.15, 0.2) is 5.82 Å². The van der Waals surface area contributed by atoms with E-state index < -0.39 is 0 Å². The number of aromatic nitrogens is 3. The van der Waals surface area contributed by atoms with Crippen LogP contribution in [0.15, 0.2) is 140 Å². The van der Waals surface area contributed by atoms with Crippen LogP contribution in [0.3, 0.4) is 0 Å². The molecule has 0 aliphatic heterocycles. The van der Waals surface area contributed by atoms with E-state index in [0.717, 1.165) is 39.6 Å². The summed E-state index contributed by atoms with van der Waals surface area (Å²) in [6.07, 6.45) is 0. The second-order valence-corrected chi connectivity index (χ2v) is 14.6. The first-order chi connectivity index (χ1) is 23.8. The normalized spacial score (nSPS) is 14.9. The molecule has 0 saturated carbocycles. The Labute approximate surface area is 286 Å². The minimum atomic E-state index is -0.248. The molecule has 10 rings (SSSR count). The molecule has 3 heteroatoms. The summed E-state index contributed by atoms with van der Waals surface area (Å²) in [7, 11) is 0.